The molecule has 1 aliphatic rings. The molecule has 0 radical (unpaired) electrons. The maximum absolute atomic E-state index is 13.1. The third kappa shape index (κ3) is 4.80. The number of nitrogens with one attached hydrogen (secondary N) is 1. The van der Waals surface area contributed by atoms with Crippen LogP contribution in [-0.2, 0) is 16.4 Å². The third-order valence-corrected chi connectivity index (χ3v) is 9.10. The van der Waals surface area contributed by atoms with Gasteiger partial charge in [0, 0.05) is 18.9 Å². The van der Waals surface area contributed by atoms with E-state index in [1.807, 2.05) is 6.07 Å². The minimum atomic E-state index is -4.37. The summed E-state index contributed by atoms with van der Waals surface area (Å²) in [6.45, 7) is 0.200. The molecule has 0 aliphatic heterocycles. The fourth-order valence-corrected chi connectivity index (χ4v) is 6.79. The van der Waals surface area contributed by atoms with Crippen molar-refractivity contribution in [2.45, 2.75) is 48.5 Å². The molecule has 0 saturated heterocycles. The first-order valence-electron chi connectivity index (χ1n) is 10.2. The van der Waals surface area contributed by atoms with E-state index in [4.69, 9.17) is 0 Å². The summed E-state index contributed by atoms with van der Waals surface area (Å²) < 4.78 is 65.8. The number of sulfone groups is 1. The highest BCUT2D eigenvalue weighted by molar-refractivity contribution is 7.92. The fourth-order valence-electron chi connectivity index (χ4n) is 3.98. The molecule has 32 heavy (non-hydrogen) atoms. The molecule has 10 heteroatoms. The molecule has 2 unspecified atom stereocenters. The first kappa shape index (κ1) is 22.7. The van der Waals surface area contributed by atoms with Crippen molar-refractivity contribution in [3.63, 3.8) is 0 Å². The lowest BCUT2D eigenvalue weighted by molar-refractivity contribution is -0.181. The van der Waals surface area contributed by atoms with E-state index < -0.39 is 33.6 Å². The van der Waals surface area contributed by atoms with Gasteiger partial charge in [-0.2, -0.15) is 13.2 Å². The number of rotatable bonds is 5. The smallest absolute Gasteiger partial charge is 0.347 e. The lowest BCUT2D eigenvalue weighted by Crippen LogP contribution is -2.35. The zero-order chi connectivity index (χ0) is 22.9. The number of pyridine rings is 1. The van der Waals surface area contributed by atoms with Gasteiger partial charge in [-0.25, -0.2) is 8.42 Å². The van der Waals surface area contributed by atoms with Crippen LogP contribution in [0.25, 0.3) is 10.1 Å². The van der Waals surface area contributed by atoms with Gasteiger partial charge in [-0.1, -0.05) is 18.6 Å². The SMILES string of the molecule is O=C(NCc1ccc(S(=O)(=O)C2CCCC(C(F)(F)F)C2)cc1)c1cc2ccncc2s1. The second-order valence-corrected chi connectivity index (χ2v) is 11.2. The highest BCUT2D eigenvalue weighted by atomic mass is 32.2. The molecule has 1 fully saturated rings. The predicted octanol–water partition coefficient (Wildman–Crippen LogP) is 5.12. The fraction of sp³-hybridized carbons (Fsp3) is 0.364. The number of fused-ring (bicyclic) bond motifs is 1. The molecule has 2 aromatic heterocycles. The van der Waals surface area contributed by atoms with E-state index in [2.05, 4.69) is 10.3 Å². The highest BCUT2D eigenvalue weighted by Crippen LogP contribution is 2.40. The second-order valence-electron chi connectivity index (χ2n) is 7.92. The van der Waals surface area contributed by atoms with E-state index in [0.29, 0.717) is 10.4 Å². The van der Waals surface area contributed by atoms with E-state index in [9.17, 15) is 26.4 Å². The van der Waals surface area contributed by atoms with Crippen LogP contribution < -0.4 is 5.32 Å². The van der Waals surface area contributed by atoms with Crippen LogP contribution in [0.15, 0.2) is 53.7 Å². The Hall–Kier alpha value is -2.46. The van der Waals surface area contributed by atoms with Gasteiger partial charge in [-0.05, 0) is 54.5 Å². The molecule has 1 N–H and O–H groups in total. The van der Waals surface area contributed by atoms with Crippen LogP contribution in [0.3, 0.4) is 0 Å². The molecular formula is C22H21F3N2O3S2. The normalized spacial score (nSPS) is 19.7. The van der Waals surface area contributed by atoms with Gasteiger partial charge in [0.1, 0.15) is 0 Å². The summed E-state index contributed by atoms with van der Waals surface area (Å²) in [6, 6.07) is 9.56. The molecule has 1 aromatic carbocycles. The number of aromatic nitrogens is 1. The number of halogens is 3. The first-order valence-corrected chi connectivity index (χ1v) is 12.5. The summed E-state index contributed by atoms with van der Waals surface area (Å²) in [5.74, 6) is -1.82. The Bertz CT molecular complexity index is 1190. The monoisotopic (exact) mass is 482 g/mol. The zero-order valence-corrected chi connectivity index (χ0v) is 18.6. The number of hydrogen-bond acceptors (Lipinski definition) is 5. The van der Waals surface area contributed by atoms with Gasteiger partial charge in [-0.3, -0.25) is 9.78 Å². The van der Waals surface area contributed by atoms with Gasteiger partial charge in [-0.15, -0.1) is 11.3 Å². The lowest BCUT2D eigenvalue weighted by Gasteiger charge is -2.30. The van der Waals surface area contributed by atoms with E-state index in [1.54, 1.807) is 30.6 Å². The van der Waals surface area contributed by atoms with Crippen LogP contribution in [-0.4, -0.2) is 30.7 Å². The van der Waals surface area contributed by atoms with Crippen LogP contribution in [0.1, 0.15) is 40.9 Å². The van der Waals surface area contributed by atoms with Crippen LogP contribution >= 0.6 is 11.3 Å². The summed E-state index contributed by atoms with van der Waals surface area (Å²) in [5.41, 5.74) is 0.692. The lowest BCUT2D eigenvalue weighted by atomic mass is 9.88. The van der Waals surface area contributed by atoms with Crippen LogP contribution in [0, 0.1) is 5.92 Å². The van der Waals surface area contributed by atoms with E-state index in [1.165, 1.54) is 23.5 Å². The number of thiophene rings is 1. The van der Waals surface area contributed by atoms with Crippen LogP contribution in [0.2, 0.25) is 0 Å². The second kappa shape index (κ2) is 8.82. The molecule has 0 bridgehead atoms. The standard InChI is InChI=1S/C22H21F3N2O3S2/c23-22(24,25)16-2-1-3-18(11-16)32(29,30)17-6-4-14(5-7-17)12-27-21(28)19-10-15-8-9-26-13-20(15)31-19/h4-10,13,16,18H,1-3,11-12H2,(H,27,28). The summed E-state index contributed by atoms with van der Waals surface area (Å²) in [5, 5.41) is 2.70. The van der Waals surface area contributed by atoms with Crippen molar-refractivity contribution in [2.75, 3.05) is 0 Å². The summed E-state index contributed by atoms with van der Waals surface area (Å²) in [4.78, 5) is 17.0. The number of nitrogens with zero attached hydrogens (tertiary/aromatic N) is 1. The quantitative estimate of drug-likeness (QED) is 0.548. The van der Waals surface area contributed by atoms with E-state index >= 15 is 0 Å². The number of carbonyl (C=O) groups is 1. The Balaban J connectivity index is 1.40. The summed E-state index contributed by atoms with van der Waals surface area (Å²) in [6.07, 6.45) is -0.967. The zero-order valence-electron chi connectivity index (χ0n) is 16.9. The number of amides is 1. The van der Waals surface area contributed by atoms with Crippen molar-refractivity contribution in [3.05, 3.63) is 59.2 Å². The molecule has 0 spiro atoms. The molecule has 4 rings (SSSR count). The summed E-state index contributed by atoms with van der Waals surface area (Å²) >= 11 is 1.33. The molecule has 2 heterocycles. The van der Waals surface area contributed by atoms with Crippen molar-refractivity contribution in [3.8, 4) is 0 Å². The summed E-state index contributed by atoms with van der Waals surface area (Å²) in [7, 11) is -3.85. The topological polar surface area (TPSA) is 76.1 Å². The molecule has 3 aromatic rings. The van der Waals surface area contributed by atoms with Gasteiger partial charge in [0.05, 0.1) is 25.6 Å². The molecule has 1 saturated carbocycles. The number of carbonyl (C=O) groups excluding carboxylic acids is 1. The highest BCUT2D eigenvalue weighted by Gasteiger charge is 2.45. The molecule has 5 nitrogen and oxygen atoms in total. The number of benzene rings is 1. The molecule has 2 atom stereocenters. The number of hydrogen-bond donors (Lipinski definition) is 1. The van der Waals surface area contributed by atoms with Crippen molar-refractivity contribution in [1.82, 2.24) is 10.3 Å². The van der Waals surface area contributed by atoms with Gasteiger partial charge < -0.3 is 5.32 Å². The third-order valence-electron chi connectivity index (χ3n) is 5.78. The predicted molar refractivity (Wildman–Crippen MR) is 116 cm³/mol. The molecule has 170 valence electrons. The first-order chi connectivity index (χ1) is 15.1. The van der Waals surface area contributed by atoms with Gasteiger partial charge >= 0.3 is 6.18 Å². The maximum Gasteiger partial charge on any atom is 0.391 e. The molecule has 1 amide bonds. The Kier molecular flexibility index (Phi) is 6.26. The van der Waals surface area contributed by atoms with E-state index in [-0.39, 0.29) is 36.6 Å². The van der Waals surface area contributed by atoms with Crippen molar-refractivity contribution in [1.29, 1.82) is 0 Å². The average molecular weight is 483 g/mol. The van der Waals surface area contributed by atoms with Crippen molar-refractivity contribution in [2.24, 2.45) is 5.92 Å². The van der Waals surface area contributed by atoms with Gasteiger partial charge in [0.15, 0.2) is 9.84 Å². The van der Waals surface area contributed by atoms with Crippen LogP contribution in [0.4, 0.5) is 13.2 Å². The van der Waals surface area contributed by atoms with Crippen LogP contribution in [0.5, 0.6) is 0 Å². The average Bonchev–Trinajstić information content (AvgIpc) is 3.22. The Morgan fingerprint density at radius 1 is 1.16 bits per heavy atom. The largest absolute Gasteiger partial charge is 0.391 e. The van der Waals surface area contributed by atoms with Crippen molar-refractivity contribution < 1.29 is 26.4 Å². The Morgan fingerprint density at radius 3 is 2.59 bits per heavy atom. The maximum atomic E-state index is 13.1. The molecular weight excluding hydrogens is 461 g/mol. The minimum absolute atomic E-state index is 0.0115. The Labute approximate surface area is 187 Å². The number of alkyl halides is 3. The van der Waals surface area contributed by atoms with Gasteiger partial charge in [0.25, 0.3) is 5.91 Å². The molecule has 1 aliphatic carbocycles. The minimum Gasteiger partial charge on any atom is -0.347 e. The van der Waals surface area contributed by atoms with Crippen molar-refractivity contribution >= 4 is 37.2 Å². The van der Waals surface area contributed by atoms with E-state index in [0.717, 1.165) is 10.1 Å². The Morgan fingerprint density at radius 2 is 1.91 bits per heavy atom. The van der Waals surface area contributed by atoms with Gasteiger partial charge in [0.2, 0.25) is 0 Å².